The molecule has 66 valence electrons. The SMILES string of the molecule is O=C1N=C(O)C(O)c2ccccc21. The van der Waals surface area contributed by atoms with Crippen LogP contribution in [-0.2, 0) is 0 Å². The minimum Gasteiger partial charge on any atom is -0.494 e. The highest BCUT2D eigenvalue weighted by molar-refractivity contribution is 6.07. The zero-order valence-corrected chi connectivity index (χ0v) is 6.64. The second kappa shape index (κ2) is 2.67. The third-order valence-corrected chi connectivity index (χ3v) is 1.95. The molecule has 2 rings (SSSR count). The molecule has 1 atom stereocenters. The van der Waals surface area contributed by atoms with Gasteiger partial charge in [-0.1, -0.05) is 18.2 Å². The van der Waals surface area contributed by atoms with Crippen molar-refractivity contribution >= 4 is 11.8 Å². The molecular weight excluding hydrogens is 170 g/mol. The lowest BCUT2D eigenvalue weighted by molar-refractivity contribution is 0.0982. The average Bonchev–Trinajstić information content (AvgIpc) is 2.15. The minimum atomic E-state index is -1.17. The van der Waals surface area contributed by atoms with E-state index in [9.17, 15) is 9.90 Å². The number of nitrogens with zero attached hydrogens (tertiary/aromatic N) is 1. The number of aliphatic hydroxyl groups excluding tert-OH is 2. The van der Waals surface area contributed by atoms with E-state index in [1.54, 1.807) is 24.3 Å². The standard InChI is InChI=1S/C9H7NO3/c11-7-5-3-1-2-4-6(5)8(12)10-9(7)13/h1-4,7,11H,(H,10,12,13). The lowest BCUT2D eigenvalue weighted by Crippen LogP contribution is -2.21. The van der Waals surface area contributed by atoms with Crippen LogP contribution in [0.1, 0.15) is 22.0 Å². The van der Waals surface area contributed by atoms with E-state index < -0.39 is 17.9 Å². The molecule has 1 aliphatic rings. The maximum Gasteiger partial charge on any atom is 0.280 e. The molecule has 1 unspecified atom stereocenters. The molecule has 1 heterocycles. The number of carbonyl (C=O) groups is 1. The van der Waals surface area contributed by atoms with Crippen molar-refractivity contribution in [1.82, 2.24) is 0 Å². The summed E-state index contributed by atoms with van der Waals surface area (Å²) in [5, 5.41) is 18.5. The first kappa shape index (κ1) is 7.94. The number of benzene rings is 1. The third kappa shape index (κ3) is 1.11. The first-order valence-electron chi connectivity index (χ1n) is 3.79. The smallest absolute Gasteiger partial charge is 0.280 e. The third-order valence-electron chi connectivity index (χ3n) is 1.95. The van der Waals surface area contributed by atoms with Gasteiger partial charge in [0.2, 0.25) is 5.90 Å². The number of hydrogen-bond acceptors (Lipinski definition) is 2. The second-order valence-electron chi connectivity index (χ2n) is 2.76. The highest BCUT2D eigenvalue weighted by Gasteiger charge is 2.26. The van der Waals surface area contributed by atoms with E-state index in [1.165, 1.54) is 0 Å². The van der Waals surface area contributed by atoms with E-state index in [0.717, 1.165) is 0 Å². The quantitative estimate of drug-likeness (QED) is 0.616. The first-order valence-corrected chi connectivity index (χ1v) is 3.79. The lowest BCUT2D eigenvalue weighted by atomic mass is 9.99. The summed E-state index contributed by atoms with van der Waals surface area (Å²) in [6.45, 7) is 0. The Balaban J connectivity index is 2.62. The Morgan fingerprint density at radius 3 is 2.77 bits per heavy atom. The van der Waals surface area contributed by atoms with Crippen LogP contribution in [0.3, 0.4) is 0 Å². The van der Waals surface area contributed by atoms with Gasteiger partial charge in [0.05, 0.1) is 0 Å². The predicted molar refractivity (Wildman–Crippen MR) is 45.8 cm³/mol. The Morgan fingerprint density at radius 1 is 1.31 bits per heavy atom. The van der Waals surface area contributed by atoms with Gasteiger partial charge in [0.25, 0.3) is 5.91 Å². The van der Waals surface area contributed by atoms with Crippen molar-refractivity contribution in [3.63, 3.8) is 0 Å². The zero-order valence-electron chi connectivity index (χ0n) is 6.64. The van der Waals surface area contributed by atoms with Crippen molar-refractivity contribution in [3.8, 4) is 0 Å². The van der Waals surface area contributed by atoms with Crippen LogP contribution in [0, 0.1) is 0 Å². The Labute approximate surface area is 74.2 Å². The van der Waals surface area contributed by atoms with Gasteiger partial charge in [0.1, 0.15) is 0 Å². The van der Waals surface area contributed by atoms with Crippen LogP contribution in [0.2, 0.25) is 0 Å². The van der Waals surface area contributed by atoms with Gasteiger partial charge in [0.15, 0.2) is 6.10 Å². The normalized spacial score (nSPS) is 20.8. The van der Waals surface area contributed by atoms with Crippen molar-refractivity contribution in [1.29, 1.82) is 0 Å². The number of aliphatic imine (C=N–C) groups is 1. The van der Waals surface area contributed by atoms with Gasteiger partial charge in [-0.25, -0.2) is 0 Å². The molecule has 0 spiro atoms. The molecule has 4 nitrogen and oxygen atoms in total. The van der Waals surface area contributed by atoms with Gasteiger partial charge in [-0.05, 0) is 6.07 Å². The summed E-state index contributed by atoms with van der Waals surface area (Å²) < 4.78 is 0. The fraction of sp³-hybridized carbons (Fsp3) is 0.111. The number of rotatable bonds is 0. The molecule has 2 N–H and O–H groups in total. The number of hydrogen-bond donors (Lipinski definition) is 2. The fourth-order valence-electron chi connectivity index (χ4n) is 1.29. The van der Waals surface area contributed by atoms with Crippen molar-refractivity contribution in [2.75, 3.05) is 0 Å². The highest BCUT2D eigenvalue weighted by atomic mass is 16.3. The Kier molecular flexibility index (Phi) is 1.63. The number of aliphatic hydroxyl groups is 2. The molecule has 0 radical (unpaired) electrons. The van der Waals surface area contributed by atoms with E-state index in [2.05, 4.69) is 4.99 Å². The van der Waals surface area contributed by atoms with Crippen LogP contribution in [0.25, 0.3) is 0 Å². The van der Waals surface area contributed by atoms with Crippen LogP contribution in [0.5, 0.6) is 0 Å². The molecule has 1 aromatic rings. The Hall–Kier alpha value is -1.68. The van der Waals surface area contributed by atoms with Crippen LogP contribution in [-0.4, -0.2) is 22.0 Å². The van der Waals surface area contributed by atoms with Crippen molar-refractivity contribution in [2.45, 2.75) is 6.10 Å². The Bertz CT molecular complexity index is 398. The molecule has 1 aliphatic heterocycles. The molecular formula is C9H7NO3. The second-order valence-corrected chi connectivity index (χ2v) is 2.76. The zero-order chi connectivity index (χ0) is 9.42. The molecule has 0 fully saturated rings. The highest BCUT2D eigenvalue weighted by Crippen LogP contribution is 2.23. The van der Waals surface area contributed by atoms with Crippen molar-refractivity contribution < 1.29 is 15.0 Å². The number of carbonyl (C=O) groups excluding carboxylic acids is 1. The monoisotopic (exact) mass is 177 g/mol. The molecule has 0 aliphatic carbocycles. The van der Waals surface area contributed by atoms with Gasteiger partial charge in [-0.2, -0.15) is 4.99 Å². The van der Waals surface area contributed by atoms with E-state index in [1.807, 2.05) is 0 Å². The van der Waals surface area contributed by atoms with E-state index in [4.69, 9.17) is 5.11 Å². The fourth-order valence-corrected chi connectivity index (χ4v) is 1.29. The molecule has 4 heteroatoms. The minimum absolute atomic E-state index is 0.341. The number of fused-ring (bicyclic) bond motifs is 1. The van der Waals surface area contributed by atoms with Crippen molar-refractivity contribution in [3.05, 3.63) is 35.4 Å². The van der Waals surface area contributed by atoms with E-state index >= 15 is 0 Å². The maximum atomic E-state index is 11.2. The van der Waals surface area contributed by atoms with E-state index in [-0.39, 0.29) is 0 Å². The van der Waals surface area contributed by atoms with Crippen molar-refractivity contribution in [2.24, 2.45) is 4.99 Å². The predicted octanol–water partition coefficient (Wildman–Crippen LogP) is 0.830. The topological polar surface area (TPSA) is 69.9 Å². The number of amides is 1. The van der Waals surface area contributed by atoms with Gasteiger partial charge >= 0.3 is 0 Å². The lowest BCUT2D eigenvalue weighted by Gasteiger charge is -2.16. The summed E-state index contributed by atoms with van der Waals surface area (Å²) in [6, 6.07) is 6.52. The maximum absolute atomic E-state index is 11.2. The van der Waals surface area contributed by atoms with E-state index in [0.29, 0.717) is 11.1 Å². The van der Waals surface area contributed by atoms with Gasteiger partial charge < -0.3 is 10.2 Å². The molecule has 1 aromatic carbocycles. The van der Waals surface area contributed by atoms with Crippen LogP contribution in [0.15, 0.2) is 29.3 Å². The van der Waals surface area contributed by atoms with Crippen LogP contribution < -0.4 is 0 Å². The van der Waals surface area contributed by atoms with Gasteiger partial charge in [-0.3, -0.25) is 4.79 Å². The summed E-state index contributed by atoms with van der Waals surface area (Å²) in [5.74, 6) is -1.05. The largest absolute Gasteiger partial charge is 0.494 e. The van der Waals surface area contributed by atoms with Crippen LogP contribution >= 0.6 is 0 Å². The molecule has 1 amide bonds. The molecule has 13 heavy (non-hydrogen) atoms. The molecule has 0 aromatic heterocycles. The summed E-state index contributed by atoms with van der Waals surface area (Å²) >= 11 is 0. The summed E-state index contributed by atoms with van der Waals surface area (Å²) in [5.41, 5.74) is 0.743. The first-order chi connectivity index (χ1) is 6.20. The summed E-state index contributed by atoms with van der Waals surface area (Å²) in [6.07, 6.45) is -1.17. The van der Waals surface area contributed by atoms with Gasteiger partial charge in [0, 0.05) is 11.1 Å². The average molecular weight is 177 g/mol. The van der Waals surface area contributed by atoms with Crippen LogP contribution in [0.4, 0.5) is 0 Å². The Morgan fingerprint density at radius 2 is 2.00 bits per heavy atom. The summed E-state index contributed by atoms with van der Waals surface area (Å²) in [4.78, 5) is 14.5. The molecule has 0 saturated carbocycles. The van der Waals surface area contributed by atoms with Gasteiger partial charge in [-0.15, -0.1) is 0 Å². The summed E-state index contributed by atoms with van der Waals surface area (Å²) in [7, 11) is 0. The molecule has 0 bridgehead atoms. The molecule has 0 saturated heterocycles.